The van der Waals surface area contributed by atoms with Crippen molar-refractivity contribution in [1.29, 1.82) is 0 Å². The Morgan fingerprint density at radius 3 is 2.20 bits per heavy atom. The fourth-order valence-electron chi connectivity index (χ4n) is 2.87. The van der Waals surface area contributed by atoms with Crippen LogP contribution in [-0.4, -0.2) is 50.0 Å². The van der Waals surface area contributed by atoms with E-state index in [1.165, 1.54) is 38.5 Å². The molecule has 2 N–H and O–H groups in total. The van der Waals surface area contributed by atoms with E-state index in [9.17, 15) is 8.42 Å². The molecule has 0 radical (unpaired) electrons. The molecule has 120 valence electrons. The zero-order valence-corrected chi connectivity index (χ0v) is 14.0. The van der Waals surface area contributed by atoms with Crippen LogP contribution in [0.3, 0.4) is 0 Å². The summed E-state index contributed by atoms with van der Waals surface area (Å²) in [7, 11) is -2.94. The van der Waals surface area contributed by atoms with Crippen molar-refractivity contribution in [2.45, 2.75) is 70.1 Å². The van der Waals surface area contributed by atoms with Gasteiger partial charge in [-0.1, -0.05) is 25.7 Å². The maximum Gasteiger partial charge on any atom is 0.153 e. The van der Waals surface area contributed by atoms with Gasteiger partial charge in [-0.3, -0.25) is 4.90 Å². The van der Waals surface area contributed by atoms with Crippen molar-refractivity contribution >= 4 is 9.84 Å². The zero-order chi connectivity index (χ0) is 15.0. The third kappa shape index (κ3) is 6.10. The Hall–Kier alpha value is -0.130. The number of sulfone groups is 1. The van der Waals surface area contributed by atoms with E-state index in [-0.39, 0.29) is 11.0 Å². The van der Waals surface area contributed by atoms with Crippen LogP contribution in [0.4, 0.5) is 0 Å². The lowest BCUT2D eigenvalue weighted by molar-refractivity contribution is 0.188. The Morgan fingerprint density at radius 2 is 1.70 bits per heavy atom. The fourth-order valence-corrected chi connectivity index (χ4v) is 3.83. The average molecular weight is 305 g/mol. The van der Waals surface area contributed by atoms with Crippen LogP contribution in [0.1, 0.15) is 58.8 Å². The van der Waals surface area contributed by atoms with Crippen LogP contribution in [0.15, 0.2) is 0 Å². The van der Waals surface area contributed by atoms with Crippen LogP contribution in [0.2, 0.25) is 0 Å². The first-order valence-electron chi connectivity index (χ1n) is 8.13. The molecule has 1 aliphatic carbocycles. The predicted octanol–water partition coefficient (Wildman–Crippen LogP) is 2.18. The van der Waals surface area contributed by atoms with E-state index < -0.39 is 9.84 Å². The van der Waals surface area contributed by atoms with Crippen LogP contribution in [0.25, 0.3) is 0 Å². The van der Waals surface area contributed by atoms with Crippen molar-refractivity contribution in [3.63, 3.8) is 0 Å². The van der Waals surface area contributed by atoms with Gasteiger partial charge in [0.05, 0.1) is 11.0 Å². The van der Waals surface area contributed by atoms with Gasteiger partial charge in [0, 0.05) is 12.6 Å². The largest absolute Gasteiger partial charge is 0.330 e. The summed E-state index contributed by atoms with van der Waals surface area (Å²) in [5, 5.41) is -0.270. The van der Waals surface area contributed by atoms with Gasteiger partial charge in [0.15, 0.2) is 9.84 Å². The molecule has 0 spiro atoms. The number of hydrogen-bond donors (Lipinski definition) is 1. The number of nitrogens with zero attached hydrogens (tertiary/aromatic N) is 1. The van der Waals surface area contributed by atoms with Gasteiger partial charge in [0.1, 0.15) is 0 Å². The average Bonchev–Trinajstić information content (AvgIpc) is 2.67. The summed E-state index contributed by atoms with van der Waals surface area (Å²) in [5.41, 5.74) is 5.62. The molecule has 0 aromatic carbocycles. The topological polar surface area (TPSA) is 63.4 Å². The second kappa shape index (κ2) is 9.00. The zero-order valence-electron chi connectivity index (χ0n) is 13.2. The molecule has 0 bridgehead atoms. The van der Waals surface area contributed by atoms with Gasteiger partial charge in [-0.05, 0) is 46.2 Å². The van der Waals surface area contributed by atoms with Crippen molar-refractivity contribution < 1.29 is 8.42 Å². The first kappa shape index (κ1) is 17.9. The number of nitrogens with two attached hydrogens (primary N) is 1. The molecule has 0 atom stereocenters. The fraction of sp³-hybridized carbons (Fsp3) is 1.00. The molecule has 1 aliphatic rings. The molecule has 0 heterocycles. The Balaban J connectivity index is 2.58. The van der Waals surface area contributed by atoms with E-state index in [1.54, 1.807) is 13.8 Å². The maximum absolute atomic E-state index is 12.0. The monoisotopic (exact) mass is 304 g/mol. The Bertz CT molecular complexity index is 347. The van der Waals surface area contributed by atoms with Crippen molar-refractivity contribution in [2.24, 2.45) is 5.73 Å². The Kier molecular flexibility index (Phi) is 8.07. The second-order valence-corrected chi connectivity index (χ2v) is 8.92. The molecule has 1 rings (SSSR count). The summed E-state index contributed by atoms with van der Waals surface area (Å²) < 4.78 is 24.0. The normalized spacial score (nSPS) is 18.6. The van der Waals surface area contributed by atoms with E-state index in [4.69, 9.17) is 5.73 Å². The number of hydrogen-bond acceptors (Lipinski definition) is 4. The lowest BCUT2D eigenvalue weighted by Crippen LogP contribution is -2.40. The standard InChI is InChI=1S/C15H32N2O2S/c1-14(2)20(18,19)13-12-17(11-7-10-16)15-8-5-3-4-6-9-15/h14-15H,3-13,16H2,1-2H3. The van der Waals surface area contributed by atoms with Gasteiger partial charge in [-0.2, -0.15) is 0 Å². The molecule has 0 aromatic rings. The molecule has 5 heteroatoms. The van der Waals surface area contributed by atoms with Crippen molar-refractivity contribution in [1.82, 2.24) is 4.90 Å². The lowest BCUT2D eigenvalue weighted by atomic mass is 10.1. The second-order valence-electron chi connectivity index (χ2n) is 6.24. The SMILES string of the molecule is CC(C)S(=O)(=O)CCN(CCCN)C1CCCCCC1. The molecule has 1 saturated carbocycles. The smallest absolute Gasteiger partial charge is 0.153 e. The van der Waals surface area contributed by atoms with Gasteiger partial charge in [-0.25, -0.2) is 8.42 Å². The summed E-state index contributed by atoms with van der Waals surface area (Å²) in [6.07, 6.45) is 8.59. The molecular weight excluding hydrogens is 272 g/mol. The van der Waals surface area contributed by atoms with E-state index in [0.717, 1.165) is 13.0 Å². The van der Waals surface area contributed by atoms with Crippen LogP contribution in [-0.2, 0) is 9.84 Å². The molecule has 0 aliphatic heterocycles. The quantitative estimate of drug-likeness (QED) is 0.698. The van der Waals surface area contributed by atoms with Crippen LogP contribution < -0.4 is 5.73 Å². The highest BCUT2D eigenvalue weighted by Gasteiger charge is 2.23. The van der Waals surface area contributed by atoms with Crippen LogP contribution >= 0.6 is 0 Å². The third-order valence-electron chi connectivity index (χ3n) is 4.37. The molecule has 1 fully saturated rings. The molecule has 4 nitrogen and oxygen atoms in total. The van der Waals surface area contributed by atoms with E-state index in [1.807, 2.05) is 0 Å². The first-order valence-corrected chi connectivity index (χ1v) is 9.84. The van der Waals surface area contributed by atoms with Crippen LogP contribution in [0.5, 0.6) is 0 Å². The highest BCUT2D eigenvalue weighted by Crippen LogP contribution is 2.22. The summed E-state index contributed by atoms with van der Waals surface area (Å²) in [5.74, 6) is 0.283. The molecule has 0 saturated heterocycles. The molecule has 0 unspecified atom stereocenters. The molecule has 0 aromatic heterocycles. The minimum atomic E-state index is -2.94. The predicted molar refractivity (Wildman–Crippen MR) is 85.7 cm³/mol. The van der Waals surface area contributed by atoms with Gasteiger partial charge in [0.2, 0.25) is 0 Å². The molecular formula is C15H32N2O2S. The Morgan fingerprint density at radius 1 is 1.10 bits per heavy atom. The maximum atomic E-state index is 12.0. The van der Waals surface area contributed by atoms with Gasteiger partial charge < -0.3 is 5.73 Å². The van der Waals surface area contributed by atoms with Crippen molar-refractivity contribution in [3.8, 4) is 0 Å². The first-order chi connectivity index (χ1) is 9.47. The van der Waals surface area contributed by atoms with E-state index in [0.29, 0.717) is 19.1 Å². The highest BCUT2D eigenvalue weighted by molar-refractivity contribution is 7.92. The third-order valence-corrected chi connectivity index (χ3v) is 6.56. The molecule has 0 amide bonds. The van der Waals surface area contributed by atoms with Gasteiger partial charge in [-0.15, -0.1) is 0 Å². The van der Waals surface area contributed by atoms with Crippen LogP contribution in [0, 0.1) is 0 Å². The minimum absolute atomic E-state index is 0.270. The summed E-state index contributed by atoms with van der Waals surface area (Å²) in [6.45, 7) is 5.83. The van der Waals surface area contributed by atoms with Gasteiger partial charge in [0.25, 0.3) is 0 Å². The summed E-state index contributed by atoms with van der Waals surface area (Å²) in [6, 6.07) is 0.561. The number of rotatable bonds is 8. The van der Waals surface area contributed by atoms with E-state index >= 15 is 0 Å². The van der Waals surface area contributed by atoms with Crippen molar-refractivity contribution in [2.75, 3.05) is 25.4 Å². The summed E-state index contributed by atoms with van der Waals surface area (Å²) >= 11 is 0. The van der Waals surface area contributed by atoms with Crippen molar-refractivity contribution in [3.05, 3.63) is 0 Å². The Labute approximate surface area is 125 Å². The highest BCUT2D eigenvalue weighted by atomic mass is 32.2. The van der Waals surface area contributed by atoms with E-state index in [2.05, 4.69) is 4.90 Å². The molecule has 20 heavy (non-hydrogen) atoms. The van der Waals surface area contributed by atoms with Gasteiger partial charge >= 0.3 is 0 Å². The minimum Gasteiger partial charge on any atom is -0.330 e. The summed E-state index contributed by atoms with van der Waals surface area (Å²) in [4.78, 5) is 2.39. The lowest BCUT2D eigenvalue weighted by Gasteiger charge is -2.31.